The second-order valence-corrected chi connectivity index (χ2v) is 7.08. The maximum Gasteiger partial charge on any atom is 0.321 e. The van der Waals surface area contributed by atoms with Gasteiger partial charge in [0.25, 0.3) is 0 Å². The lowest BCUT2D eigenvalue weighted by Crippen LogP contribution is -2.47. The van der Waals surface area contributed by atoms with Crippen LogP contribution in [-0.2, 0) is 19.1 Å². The van der Waals surface area contributed by atoms with E-state index in [9.17, 15) is 19.8 Å². The van der Waals surface area contributed by atoms with Crippen molar-refractivity contribution in [2.24, 2.45) is 0 Å². The fraction of sp³-hybridized carbons (Fsp3) is 0.304. The molecule has 0 radical (unpaired) electrons. The van der Waals surface area contributed by atoms with Gasteiger partial charge < -0.3 is 19.7 Å². The number of carbonyl (C=O) groups is 2. The second-order valence-electron chi connectivity index (χ2n) is 7.08. The summed E-state index contributed by atoms with van der Waals surface area (Å²) < 4.78 is 10.5. The Hall–Kier alpha value is -3.00. The first-order valence-electron chi connectivity index (χ1n) is 9.63. The number of carboxylic acids is 1. The number of benzene rings is 2. The highest BCUT2D eigenvalue weighted by molar-refractivity contribution is 5.81. The molecule has 0 spiro atoms. The number of rotatable bonds is 10. The largest absolute Gasteiger partial charge is 0.480 e. The summed E-state index contributed by atoms with van der Waals surface area (Å²) >= 11 is 0. The summed E-state index contributed by atoms with van der Waals surface area (Å²) in [4.78, 5) is 24.5. The lowest BCUT2D eigenvalue weighted by molar-refractivity contribution is -0.205. The minimum atomic E-state index is -1.50. The maximum absolute atomic E-state index is 11.8. The molecule has 0 heterocycles. The molecule has 1 aliphatic carbocycles. The van der Waals surface area contributed by atoms with Gasteiger partial charge in [0.05, 0.1) is 13.0 Å². The van der Waals surface area contributed by atoms with Crippen LogP contribution in [0.25, 0.3) is 11.1 Å². The van der Waals surface area contributed by atoms with Gasteiger partial charge in [0.2, 0.25) is 6.41 Å². The highest BCUT2D eigenvalue weighted by Crippen LogP contribution is 2.44. The van der Waals surface area contributed by atoms with Crippen molar-refractivity contribution in [3.63, 3.8) is 0 Å². The van der Waals surface area contributed by atoms with Crippen molar-refractivity contribution in [3.05, 3.63) is 72.3 Å². The summed E-state index contributed by atoms with van der Waals surface area (Å²) in [6.45, 7) is 3.59. The van der Waals surface area contributed by atoms with Gasteiger partial charge in [-0.05, 0) is 29.3 Å². The van der Waals surface area contributed by atoms with Crippen LogP contribution in [0.2, 0.25) is 0 Å². The number of nitrogens with zero attached hydrogens (tertiary/aromatic N) is 1. The molecule has 7 nitrogen and oxygen atoms in total. The number of fused-ring (bicyclic) bond motifs is 3. The maximum atomic E-state index is 11.8. The topological polar surface area (TPSA) is 96.3 Å². The molecular weight excluding hydrogens is 386 g/mol. The summed E-state index contributed by atoms with van der Waals surface area (Å²) in [5.74, 6) is -2.03. The molecule has 30 heavy (non-hydrogen) atoms. The number of hydrogen-bond donors (Lipinski definition) is 2. The quantitative estimate of drug-likeness (QED) is 0.352. The number of aliphatic hydroxyl groups excluding tert-OH is 1. The fourth-order valence-corrected chi connectivity index (χ4v) is 3.67. The Morgan fingerprint density at radius 2 is 1.70 bits per heavy atom. The van der Waals surface area contributed by atoms with Crippen LogP contribution in [0.5, 0.6) is 0 Å². The van der Waals surface area contributed by atoms with Crippen LogP contribution in [0.1, 0.15) is 23.5 Å². The molecule has 0 saturated heterocycles. The number of esters is 1. The van der Waals surface area contributed by atoms with Crippen LogP contribution in [-0.4, -0.2) is 59.8 Å². The smallest absolute Gasteiger partial charge is 0.321 e. The minimum Gasteiger partial charge on any atom is -0.480 e. The number of hydrogen-bond acceptors (Lipinski definition) is 6. The predicted molar refractivity (Wildman–Crippen MR) is 111 cm³/mol. The Bertz CT molecular complexity index is 882. The lowest BCUT2D eigenvalue weighted by atomic mass is 9.98. The number of likely N-dealkylation sites (N-methyl/N-ethyl adjacent to an activating group) is 1. The molecule has 7 heteroatoms. The van der Waals surface area contributed by atoms with E-state index in [0.29, 0.717) is 0 Å². The van der Waals surface area contributed by atoms with E-state index in [4.69, 9.17) is 9.47 Å². The Labute approximate surface area is 175 Å². The highest BCUT2D eigenvalue weighted by Gasteiger charge is 2.33. The molecule has 158 valence electrons. The molecule has 0 aromatic heterocycles. The molecule has 3 rings (SSSR count). The molecule has 1 aliphatic rings. The average molecular weight is 411 g/mol. The van der Waals surface area contributed by atoms with Gasteiger partial charge in [0.1, 0.15) is 12.6 Å². The molecule has 2 N–H and O–H groups in total. The molecule has 2 atom stereocenters. The number of carboxylic acid groups (broad SMARTS) is 1. The summed E-state index contributed by atoms with van der Waals surface area (Å²) in [6.07, 6.45) is -0.528. The molecule has 0 amide bonds. The van der Waals surface area contributed by atoms with Gasteiger partial charge >= 0.3 is 11.9 Å². The standard InChI is InChI=1S/C23H25NO6/c1-3-12-29-21(25)13-20(22(26)27)24(2)23(28)30-14-19-17-10-6-4-8-15(17)16-9-5-7-11-18(16)19/h3-11,19-20,23,28H,1,12-14H2,2H3,(H,26,27)/t20-,23?/m0/s1. The SMILES string of the molecule is C=CCOC(=O)C[C@@H](C(=O)O)N(C)C(O)OCC1c2ccccc2-c2ccccc21. The van der Waals surface area contributed by atoms with Crippen LogP contribution < -0.4 is 0 Å². The zero-order valence-electron chi connectivity index (χ0n) is 16.7. The molecule has 0 fully saturated rings. The first-order chi connectivity index (χ1) is 14.4. The molecule has 2 aromatic carbocycles. The predicted octanol–water partition coefficient (Wildman–Crippen LogP) is 2.60. The Morgan fingerprint density at radius 3 is 2.23 bits per heavy atom. The van der Waals surface area contributed by atoms with E-state index in [0.717, 1.165) is 27.2 Å². The number of ether oxygens (including phenoxy) is 2. The third kappa shape index (κ3) is 4.59. The van der Waals surface area contributed by atoms with Crippen LogP contribution in [0.15, 0.2) is 61.2 Å². The molecule has 2 aromatic rings. The molecule has 0 bridgehead atoms. The monoisotopic (exact) mass is 411 g/mol. The van der Waals surface area contributed by atoms with E-state index < -0.39 is 30.8 Å². The van der Waals surface area contributed by atoms with Crippen molar-refractivity contribution in [2.75, 3.05) is 20.3 Å². The van der Waals surface area contributed by atoms with Gasteiger partial charge in [-0.15, -0.1) is 0 Å². The summed E-state index contributed by atoms with van der Waals surface area (Å²) in [5.41, 5.74) is 4.43. The number of carbonyl (C=O) groups excluding carboxylic acids is 1. The van der Waals surface area contributed by atoms with Crippen LogP contribution in [0.3, 0.4) is 0 Å². The van der Waals surface area contributed by atoms with E-state index in [1.807, 2.05) is 48.5 Å². The van der Waals surface area contributed by atoms with Crippen molar-refractivity contribution in [1.82, 2.24) is 4.90 Å². The van der Waals surface area contributed by atoms with Gasteiger partial charge in [-0.3, -0.25) is 9.59 Å². The fourth-order valence-electron chi connectivity index (χ4n) is 3.67. The van der Waals surface area contributed by atoms with Crippen LogP contribution >= 0.6 is 0 Å². The summed E-state index contributed by atoms with van der Waals surface area (Å²) in [7, 11) is 1.39. The normalized spacial score (nSPS) is 14.6. The van der Waals surface area contributed by atoms with E-state index in [2.05, 4.69) is 6.58 Å². The van der Waals surface area contributed by atoms with Crippen molar-refractivity contribution in [3.8, 4) is 11.1 Å². The number of aliphatic carboxylic acids is 1. The summed E-state index contributed by atoms with van der Waals surface area (Å²) in [6, 6.07) is 14.7. The first kappa shape index (κ1) is 21.7. The third-order valence-corrected chi connectivity index (χ3v) is 5.22. The van der Waals surface area contributed by atoms with Crippen LogP contribution in [0.4, 0.5) is 0 Å². The summed E-state index contributed by atoms with van der Waals surface area (Å²) in [5, 5.41) is 19.9. The van der Waals surface area contributed by atoms with Gasteiger partial charge in [-0.2, -0.15) is 0 Å². The van der Waals surface area contributed by atoms with Crippen molar-refractivity contribution in [2.45, 2.75) is 24.8 Å². The van der Waals surface area contributed by atoms with Gasteiger partial charge in [0.15, 0.2) is 0 Å². The van der Waals surface area contributed by atoms with Crippen molar-refractivity contribution in [1.29, 1.82) is 0 Å². The number of aliphatic hydroxyl groups is 1. The van der Waals surface area contributed by atoms with Crippen LogP contribution in [0, 0.1) is 0 Å². The van der Waals surface area contributed by atoms with Gasteiger partial charge in [-0.1, -0.05) is 61.2 Å². The van der Waals surface area contributed by atoms with Crippen molar-refractivity contribution >= 4 is 11.9 Å². The molecule has 0 saturated carbocycles. The Morgan fingerprint density at radius 1 is 1.13 bits per heavy atom. The molecular formula is C23H25NO6. The van der Waals surface area contributed by atoms with E-state index in [-0.39, 0.29) is 19.1 Å². The van der Waals surface area contributed by atoms with Gasteiger partial charge in [0, 0.05) is 5.92 Å². The lowest BCUT2D eigenvalue weighted by Gasteiger charge is -2.29. The van der Waals surface area contributed by atoms with E-state index >= 15 is 0 Å². The van der Waals surface area contributed by atoms with Gasteiger partial charge in [-0.25, -0.2) is 4.90 Å². The zero-order valence-corrected chi connectivity index (χ0v) is 16.7. The van der Waals surface area contributed by atoms with Crippen molar-refractivity contribution < 1.29 is 29.3 Å². The molecule has 0 aliphatic heterocycles. The zero-order chi connectivity index (χ0) is 21.7. The first-order valence-corrected chi connectivity index (χ1v) is 9.63. The minimum absolute atomic E-state index is 0.00552. The third-order valence-electron chi connectivity index (χ3n) is 5.22. The Kier molecular flexibility index (Phi) is 6.99. The Balaban J connectivity index is 1.68. The van der Waals surface area contributed by atoms with E-state index in [1.165, 1.54) is 13.1 Å². The average Bonchev–Trinajstić information content (AvgIpc) is 3.07. The molecule has 1 unspecified atom stereocenters. The second kappa shape index (κ2) is 9.67. The van der Waals surface area contributed by atoms with E-state index in [1.54, 1.807) is 0 Å². The highest BCUT2D eigenvalue weighted by atomic mass is 16.6.